The number of aromatic nitrogens is 2. The molecule has 0 aliphatic carbocycles. The standard InChI is InChI=1S/C19H22N4/c20-19-21-17-13-15(14-22-11-5-2-6-12-22)9-10-18(17)23(19)16-7-3-1-4-8-16/h1,3-4,7-10,13H,2,5-6,11-12,14H2,(H2,20,21). The van der Waals surface area contributed by atoms with Crippen LogP contribution >= 0.6 is 0 Å². The molecule has 4 nitrogen and oxygen atoms in total. The SMILES string of the molecule is Nc1nc2cc(CN3CCCCC3)ccc2n1-c1ccccc1. The zero-order chi connectivity index (χ0) is 15.6. The van der Waals surface area contributed by atoms with Gasteiger partial charge in [0.2, 0.25) is 5.95 Å². The molecule has 2 aromatic carbocycles. The van der Waals surface area contributed by atoms with E-state index in [0.29, 0.717) is 5.95 Å². The van der Waals surface area contributed by atoms with Crippen LogP contribution in [0.1, 0.15) is 24.8 Å². The van der Waals surface area contributed by atoms with Crippen LogP contribution in [0.3, 0.4) is 0 Å². The summed E-state index contributed by atoms with van der Waals surface area (Å²) in [5.74, 6) is 0.543. The fraction of sp³-hybridized carbons (Fsp3) is 0.316. The number of para-hydroxylation sites is 1. The molecule has 1 aromatic heterocycles. The average molecular weight is 306 g/mol. The molecule has 0 atom stereocenters. The van der Waals surface area contributed by atoms with Gasteiger partial charge in [0, 0.05) is 12.2 Å². The van der Waals surface area contributed by atoms with Crippen molar-refractivity contribution in [1.82, 2.24) is 14.5 Å². The number of nitrogens with two attached hydrogens (primary N) is 1. The predicted molar refractivity (Wildman–Crippen MR) is 94.6 cm³/mol. The van der Waals surface area contributed by atoms with Gasteiger partial charge >= 0.3 is 0 Å². The molecule has 0 amide bonds. The van der Waals surface area contributed by atoms with Crippen molar-refractivity contribution in [2.75, 3.05) is 18.8 Å². The lowest BCUT2D eigenvalue weighted by molar-refractivity contribution is 0.221. The molecular weight excluding hydrogens is 284 g/mol. The Kier molecular flexibility index (Phi) is 3.75. The van der Waals surface area contributed by atoms with Crippen LogP contribution < -0.4 is 5.73 Å². The molecule has 3 aromatic rings. The summed E-state index contributed by atoms with van der Waals surface area (Å²) in [5, 5.41) is 0. The van der Waals surface area contributed by atoms with Crippen LogP contribution in [-0.4, -0.2) is 27.5 Å². The molecule has 1 aliphatic heterocycles. The molecule has 4 rings (SSSR count). The molecule has 23 heavy (non-hydrogen) atoms. The maximum absolute atomic E-state index is 6.16. The van der Waals surface area contributed by atoms with Crippen LogP contribution in [0.25, 0.3) is 16.7 Å². The van der Waals surface area contributed by atoms with Gasteiger partial charge in [-0.15, -0.1) is 0 Å². The molecule has 2 heterocycles. The van der Waals surface area contributed by atoms with E-state index in [2.05, 4.69) is 40.2 Å². The molecule has 0 bridgehead atoms. The van der Waals surface area contributed by atoms with E-state index in [1.54, 1.807) is 0 Å². The highest BCUT2D eigenvalue weighted by atomic mass is 15.2. The number of rotatable bonds is 3. The van der Waals surface area contributed by atoms with E-state index in [0.717, 1.165) is 23.3 Å². The summed E-state index contributed by atoms with van der Waals surface area (Å²) in [4.78, 5) is 7.10. The van der Waals surface area contributed by atoms with E-state index >= 15 is 0 Å². The lowest BCUT2D eigenvalue weighted by atomic mass is 10.1. The minimum absolute atomic E-state index is 0.543. The van der Waals surface area contributed by atoms with Crippen LogP contribution in [0.4, 0.5) is 5.95 Å². The van der Waals surface area contributed by atoms with Gasteiger partial charge < -0.3 is 5.73 Å². The normalized spacial score (nSPS) is 16.0. The smallest absolute Gasteiger partial charge is 0.205 e. The van der Waals surface area contributed by atoms with Gasteiger partial charge in [-0.3, -0.25) is 9.47 Å². The lowest BCUT2D eigenvalue weighted by Gasteiger charge is -2.26. The second kappa shape index (κ2) is 6.05. The van der Waals surface area contributed by atoms with Gasteiger partial charge in [-0.25, -0.2) is 4.98 Å². The Hall–Kier alpha value is -2.33. The Morgan fingerprint density at radius 3 is 2.52 bits per heavy atom. The van der Waals surface area contributed by atoms with E-state index < -0.39 is 0 Å². The highest BCUT2D eigenvalue weighted by molar-refractivity contribution is 5.81. The third kappa shape index (κ3) is 2.82. The maximum Gasteiger partial charge on any atom is 0.205 e. The van der Waals surface area contributed by atoms with Gasteiger partial charge in [0.15, 0.2) is 0 Å². The number of piperidine rings is 1. The van der Waals surface area contributed by atoms with Crippen molar-refractivity contribution in [3.63, 3.8) is 0 Å². The molecule has 2 N–H and O–H groups in total. The summed E-state index contributed by atoms with van der Waals surface area (Å²) in [5.41, 5.74) is 10.6. The number of hydrogen-bond acceptors (Lipinski definition) is 3. The second-order valence-electron chi connectivity index (χ2n) is 6.30. The van der Waals surface area contributed by atoms with Crippen molar-refractivity contribution in [2.45, 2.75) is 25.8 Å². The highest BCUT2D eigenvalue weighted by Crippen LogP contribution is 2.24. The van der Waals surface area contributed by atoms with E-state index in [4.69, 9.17) is 5.73 Å². The van der Waals surface area contributed by atoms with Gasteiger partial charge in [-0.05, 0) is 55.8 Å². The van der Waals surface area contributed by atoms with Crippen LogP contribution in [0.2, 0.25) is 0 Å². The number of likely N-dealkylation sites (tertiary alicyclic amines) is 1. The van der Waals surface area contributed by atoms with Gasteiger partial charge in [0.05, 0.1) is 11.0 Å². The van der Waals surface area contributed by atoms with E-state index in [1.165, 1.54) is 37.9 Å². The maximum atomic E-state index is 6.16. The summed E-state index contributed by atoms with van der Waals surface area (Å²) in [6.45, 7) is 3.42. The van der Waals surface area contributed by atoms with Crippen molar-refractivity contribution >= 4 is 17.0 Å². The molecule has 118 valence electrons. The predicted octanol–water partition coefficient (Wildman–Crippen LogP) is 3.59. The summed E-state index contributed by atoms with van der Waals surface area (Å²) in [7, 11) is 0. The van der Waals surface area contributed by atoms with Gasteiger partial charge in [-0.2, -0.15) is 0 Å². The molecular formula is C19H22N4. The summed E-state index contributed by atoms with van der Waals surface area (Å²) >= 11 is 0. The summed E-state index contributed by atoms with van der Waals surface area (Å²) in [6.07, 6.45) is 4.00. The van der Waals surface area contributed by atoms with Crippen molar-refractivity contribution in [1.29, 1.82) is 0 Å². The van der Waals surface area contributed by atoms with Gasteiger partial charge in [0.1, 0.15) is 0 Å². The van der Waals surface area contributed by atoms with Gasteiger partial charge in [0.25, 0.3) is 0 Å². The molecule has 0 radical (unpaired) electrons. The molecule has 0 unspecified atom stereocenters. The van der Waals surface area contributed by atoms with E-state index in [1.807, 2.05) is 22.8 Å². The zero-order valence-corrected chi connectivity index (χ0v) is 13.3. The zero-order valence-electron chi connectivity index (χ0n) is 13.3. The Morgan fingerprint density at radius 2 is 1.74 bits per heavy atom. The van der Waals surface area contributed by atoms with E-state index in [9.17, 15) is 0 Å². The van der Waals surface area contributed by atoms with Crippen LogP contribution in [0, 0.1) is 0 Å². The fourth-order valence-electron chi connectivity index (χ4n) is 3.47. The Balaban J connectivity index is 1.68. The average Bonchev–Trinajstić information content (AvgIpc) is 2.91. The first kappa shape index (κ1) is 14.3. The van der Waals surface area contributed by atoms with Crippen molar-refractivity contribution in [2.24, 2.45) is 0 Å². The minimum atomic E-state index is 0.543. The number of nitrogens with zero attached hydrogens (tertiary/aromatic N) is 3. The molecule has 0 spiro atoms. The first-order chi connectivity index (χ1) is 11.3. The lowest BCUT2D eigenvalue weighted by Crippen LogP contribution is -2.29. The first-order valence-corrected chi connectivity index (χ1v) is 8.36. The number of hydrogen-bond donors (Lipinski definition) is 1. The van der Waals surface area contributed by atoms with Crippen LogP contribution in [0.5, 0.6) is 0 Å². The summed E-state index contributed by atoms with van der Waals surface area (Å²) < 4.78 is 2.01. The van der Waals surface area contributed by atoms with Crippen molar-refractivity contribution in [3.8, 4) is 5.69 Å². The number of fused-ring (bicyclic) bond motifs is 1. The number of benzene rings is 2. The topological polar surface area (TPSA) is 47.1 Å². The Bertz CT molecular complexity index is 801. The Labute approximate surface area is 136 Å². The van der Waals surface area contributed by atoms with Crippen molar-refractivity contribution < 1.29 is 0 Å². The van der Waals surface area contributed by atoms with Crippen LogP contribution in [0.15, 0.2) is 48.5 Å². The fourth-order valence-corrected chi connectivity index (χ4v) is 3.47. The van der Waals surface area contributed by atoms with E-state index in [-0.39, 0.29) is 0 Å². The quantitative estimate of drug-likeness (QED) is 0.804. The molecule has 1 saturated heterocycles. The second-order valence-corrected chi connectivity index (χ2v) is 6.30. The molecule has 1 aliphatic rings. The highest BCUT2D eigenvalue weighted by Gasteiger charge is 2.13. The monoisotopic (exact) mass is 306 g/mol. The first-order valence-electron chi connectivity index (χ1n) is 8.36. The minimum Gasteiger partial charge on any atom is -0.369 e. The third-order valence-corrected chi connectivity index (χ3v) is 4.61. The molecule has 1 fully saturated rings. The largest absolute Gasteiger partial charge is 0.369 e. The van der Waals surface area contributed by atoms with Gasteiger partial charge in [-0.1, -0.05) is 30.7 Å². The van der Waals surface area contributed by atoms with Crippen LogP contribution in [-0.2, 0) is 6.54 Å². The Morgan fingerprint density at radius 1 is 0.957 bits per heavy atom. The molecule has 4 heteroatoms. The third-order valence-electron chi connectivity index (χ3n) is 4.61. The number of anilines is 1. The summed E-state index contributed by atoms with van der Waals surface area (Å²) in [6, 6.07) is 16.7. The van der Waals surface area contributed by atoms with Crippen molar-refractivity contribution in [3.05, 3.63) is 54.1 Å². The molecule has 0 saturated carbocycles. The number of imidazole rings is 1. The number of nitrogen functional groups attached to an aromatic ring is 1.